The van der Waals surface area contributed by atoms with Crippen LogP contribution < -0.4 is 5.32 Å². The van der Waals surface area contributed by atoms with E-state index in [4.69, 9.17) is 4.52 Å². The lowest BCUT2D eigenvalue weighted by molar-refractivity contribution is -0.137. The number of hydrogen-bond donors (Lipinski definition) is 1. The summed E-state index contributed by atoms with van der Waals surface area (Å²) in [4.78, 5) is 16.1. The van der Waals surface area contributed by atoms with Gasteiger partial charge in [0.15, 0.2) is 0 Å². The highest BCUT2D eigenvalue weighted by molar-refractivity contribution is 5.90. The second kappa shape index (κ2) is 7.38. The molecule has 5 nitrogen and oxygen atoms in total. The number of anilines is 1. The summed E-state index contributed by atoms with van der Waals surface area (Å²) in [6, 6.07) is 13.7. The van der Waals surface area contributed by atoms with Crippen molar-refractivity contribution in [1.29, 1.82) is 0 Å². The number of nitrogens with one attached hydrogen (secondary N) is 1. The molecule has 0 radical (unpaired) electrons. The molecule has 0 aliphatic carbocycles. The maximum Gasteiger partial charge on any atom is 0.416 e. The van der Waals surface area contributed by atoms with Crippen molar-refractivity contribution < 1.29 is 22.5 Å². The fraction of sp³-hybridized carbons (Fsp3) is 0.167. The smallest absolute Gasteiger partial charge is 0.339 e. The number of amides is 1. The van der Waals surface area contributed by atoms with E-state index in [2.05, 4.69) is 15.5 Å². The summed E-state index contributed by atoms with van der Waals surface area (Å²) in [5.74, 6) is 0.255. The molecule has 0 bridgehead atoms. The van der Waals surface area contributed by atoms with Gasteiger partial charge in [0.2, 0.25) is 17.6 Å². The summed E-state index contributed by atoms with van der Waals surface area (Å²) in [6.07, 6.45) is -4.27. The van der Waals surface area contributed by atoms with Crippen LogP contribution in [-0.4, -0.2) is 16.0 Å². The van der Waals surface area contributed by atoms with Gasteiger partial charge in [-0.05, 0) is 18.2 Å². The highest BCUT2D eigenvalue weighted by atomic mass is 19.4. The lowest BCUT2D eigenvalue weighted by Crippen LogP contribution is -2.13. The number of nitrogens with zero attached hydrogens (tertiary/aromatic N) is 2. The minimum Gasteiger partial charge on any atom is -0.339 e. The van der Waals surface area contributed by atoms with E-state index < -0.39 is 17.6 Å². The lowest BCUT2D eigenvalue weighted by Gasteiger charge is -2.09. The van der Waals surface area contributed by atoms with Crippen molar-refractivity contribution in [2.45, 2.75) is 19.0 Å². The van der Waals surface area contributed by atoms with Gasteiger partial charge in [-0.2, -0.15) is 18.2 Å². The normalized spacial score (nSPS) is 11.3. The highest BCUT2D eigenvalue weighted by Gasteiger charge is 2.30. The van der Waals surface area contributed by atoms with E-state index in [0.29, 0.717) is 5.82 Å². The van der Waals surface area contributed by atoms with Crippen LogP contribution in [0.25, 0.3) is 11.4 Å². The van der Waals surface area contributed by atoms with Crippen LogP contribution in [0.2, 0.25) is 0 Å². The third-order valence-corrected chi connectivity index (χ3v) is 3.54. The molecule has 3 aromatic rings. The summed E-state index contributed by atoms with van der Waals surface area (Å²) >= 11 is 0. The number of carbonyl (C=O) groups is 1. The number of alkyl halides is 3. The van der Waals surface area contributed by atoms with Crippen LogP contribution in [0.1, 0.15) is 17.9 Å². The van der Waals surface area contributed by atoms with Crippen molar-refractivity contribution in [3.05, 3.63) is 66.1 Å². The van der Waals surface area contributed by atoms with Crippen LogP contribution in [0.5, 0.6) is 0 Å². The van der Waals surface area contributed by atoms with Crippen molar-refractivity contribution in [3.63, 3.8) is 0 Å². The zero-order valence-electron chi connectivity index (χ0n) is 13.5. The van der Waals surface area contributed by atoms with Gasteiger partial charge in [0.25, 0.3) is 0 Å². The van der Waals surface area contributed by atoms with E-state index in [-0.39, 0.29) is 24.4 Å². The Balaban J connectivity index is 1.57. The molecule has 0 saturated carbocycles. The predicted molar refractivity (Wildman–Crippen MR) is 88.1 cm³/mol. The maximum absolute atomic E-state index is 12.7. The van der Waals surface area contributed by atoms with E-state index in [0.717, 1.165) is 17.7 Å². The van der Waals surface area contributed by atoms with Crippen LogP contribution in [0, 0.1) is 0 Å². The Labute approximate surface area is 146 Å². The highest BCUT2D eigenvalue weighted by Crippen LogP contribution is 2.30. The molecule has 0 spiro atoms. The van der Waals surface area contributed by atoms with Crippen LogP contribution in [0.3, 0.4) is 0 Å². The van der Waals surface area contributed by atoms with Crippen molar-refractivity contribution in [3.8, 4) is 11.4 Å². The maximum atomic E-state index is 12.7. The monoisotopic (exact) mass is 361 g/mol. The summed E-state index contributed by atoms with van der Waals surface area (Å²) in [5, 5.41) is 6.28. The molecule has 1 heterocycles. The standard InChI is InChI=1S/C18H14F3N3O2/c19-18(20,21)13-7-4-8-14(11-13)22-15(25)9-10-16-23-17(24-26-16)12-5-2-1-3-6-12/h1-8,11H,9-10H2,(H,22,25). The predicted octanol–water partition coefficient (Wildman–Crippen LogP) is 4.33. The molecule has 1 N–H and O–H groups in total. The molecule has 0 atom stereocenters. The molecule has 0 fully saturated rings. The SMILES string of the molecule is O=C(CCc1nc(-c2ccccc2)no1)Nc1cccc(C(F)(F)F)c1. The Kier molecular flexibility index (Phi) is 5.01. The number of halogens is 3. The zero-order valence-corrected chi connectivity index (χ0v) is 13.5. The molecule has 0 aliphatic heterocycles. The van der Waals surface area contributed by atoms with Crippen molar-refractivity contribution in [2.24, 2.45) is 0 Å². The largest absolute Gasteiger partial charge is 0.416 e. The molecular weight excluding hydrogens is 347 g/mol. The third kappa shape index (κ3) is 4.47. The number of rotatable bonds is 5. The first-order valence-electron chi connectivity index (χ1n) is 7.77. The minimum atomic E-state index is -4.46. The van der Waals surface area contributed by atoms with Crippen LogP contribution in [-0.2, 0) is 17.4 Å². The zero-order chi connectivity index (χ0) is 18.6. The Bertz CT molecular complexity index is 892. The van der Waals surface area contributed by atoms with Crippen LogP contribution in [0.15, 0.2) is 59.1 Å². The first kappa shape index (κ1) is 17.7. The Morgan fingerprint density at radius 3 is 2.58 bits per heavy atom. The molecule has 0 unspecified atom stereocenters. The van der Waals surface area contributed by atoms with Gasteiger partial charge >= 0.3 is 6.18 Å². The van der Waals surface area contributed by atoms with Crippen molar-refractivity contribution in [2.75, 3.05) is 5.32 Å². The van der Waals surface area contributed by atoms with E-state index in [1.54, 1.807) is 0 Å². The molecule has 1 aromatic heterocycles. The molecule has 8 heteroatoms. The van der Waals surface area contributed by atoms with Gasteiger partial charge < -0.3 is 9.84 Å². The van der Waals surface area contributed by atoms with E-state index in [9.17, 15) is 18.0 Å². The molecule has 134 valence electrons. The molecular formula is C18H14F3N3O2. The second-order valence-electron chi connectivity index (χ2n) is 5.50. The van der Waals surface area contributed by atoms with Crippen LogP contribution >= 0.6 is 0 Å². The number of benzene rings is 2. The fourth-order valence-electron chi connectivity index (χ4n) is 2.28. The van der Waals surface area contributed by atoms with Gasteiger partial charge in [-0.25, -0.2) is 0 Å². The van der Waals surface area contributed by atoms with Crippen molar-refractivity contribution >= 4 is 11.6 Å². The third-order valence-electron chi connectivity index (χ3n) is 3.54. The Morgan fingerprint density at radius 2 is 1.85 bits per heavy atom. The summed E-state index contributed by atoms with van der Waals surface area (Å²) in [6.45, 7) is 0. The number of carbonyl (C=O) groups excluding carboxylic acids is 1. The van der Waals surface area contributed by atoms with Crippen LogP contribution in [0.4, 0.5) is 18.9 Å². The Hall–Kier alpha value is -3.16. The van der Waals surface area contributed by atoms with Gasteiger partial charge in [0, 0.05) is 24.1 Å². The van der Waals surface area contributed by atoms with Crippen molar-refractivity contribution in [1.82, 2.24) is 10.1 Å². The summed E-state index contributed by atoms with van der Waals surface area (Å²) < 4.78 is 43.1. The molecule has 3 rings (SSSR count). The quantitative estimate of drug-likeness (QED) is 0.735. The molecule has 26 heavy (non-hydrogen) atoms. The van der Waals surface area contributed by atoms with E-state index in [1.165, 1.54) is 12.1 Å². The average molecular weight is 361 g/mol. The molecule has 2 aromatic carbocycles. The molecule has 0 saturated heterocycles. The van der Waals surface area contributed by atoms with Gasteiger partial charge in [0.05, 0.1) is 5.56 Å². The first-order valence-corrected chi connectivity index (χ1v) is 7.77. The molecule has 1 amide bonds. The van der Waals surface area contributed by atoms with Gasteiger partial charge in [-0.3, -0.25) is 4.79 Å². The van der Waals surface area contributed by atoms with E-state index in [1.807, 2.05) is 30.3 Å². The van der Waals surface area contributed by atoms with E-state index >= 15 is 0 Å². The van der Waals surface area contributed by atoms with Gasteiger partial charge in [0.1, 0.15) is 0 Å². The number of hydrogen-bond acceptors (Lipinski definition) is 4. The minimum absolute atomic E-state index is 0.00662. The van der Waals surface area contributed by atoms with Gasteiger partial charge in [-0.15, -0.1) is 0 Å². The topological polar surface area (TPSA) is 68.0 Å². The summed E-state index contributed by atoms with van der Waals surface area (Å²) in [5.41, 5.74) is 0.0518. The summed E-state index contributed by atoms with van der Waals surface area (Å²) in [7, 11) is 0. The fourth-order valence-corrected chi connectivity index (χ4v) is 2.28. The molecule has 0 aliphatic rings. The second-order valence-corrected chi connectivity index (χ2v) is 5.50. The lowest BCUT2D eigenvalue weighted by atomic mass is 10.2. The Morgan fingerprint density at radius 1 is 1.08 bits per heavy atom. The number of aromatic nitrogens is 2. The number of aryl methyl sites for hydroxylation is 1. The first-order chi connectivity index (χ1) is 12.4. The average Bonchev–Trinajstić information content (AvgIpc) is 3.09. The van der Waals surface area contributed by atoms with Gasteiger partial charge in [-0.1, -0.05) is 41.6 Å².